The number of halogens is 1. The Labute approximate surface area is 183 Å². The lowest BCUT2D eigenvalue weighted by molar-refractivity contribution is -0.125. The molecule has 1 saturated heterocycles. The van der Waals surface area contributed by atoms with Crippen molar-refractivity contribution in [1.29, 1.82) is 0 Å². The van der Waals surface area contributed by atoms with Crippen molar-refractivity contribution in [2.24, 2.45) is 0 Å². The predicted molar refractivity (Wildman–Crippen MR) is 122 cm³/mol. The number of nitrogens with one attached hydrogen (secondary N) is 2. The van der Waals surface area contributed by atoms with E-state index in [9.17, 15) is 9.59 Å². The zero-order chi connectivity index (χ0) is 21.7. The van der Waals surface area contributed by atoms with Crippen molar-refractivity contribution in [1.82, 2.24) is 10.2 Å². The van der Waals surface area contributed by atoms with Gasteiger partial charge in [0.2, 0.25) is 11.8 Å². The molecule has 0 aromatic heterocycles. The van der Waals surface area contributed by atoms with Gasteiger partial charge in [-0.3, -0.25) is 14.5 Å². The van der Waals surface area contributed by atoms with Crippen LogP contribution in [0.4, 0.5) is 11.4 Å². The maximum Gasteiger partial charge on any atom is 0.243 e. The number of hydrogen-bond acceptors (Lipinski definition) is 4. The van der Waals surface area contributed by atoms with Gasteiger partial charge in [-0.25, -0.2) is 0 Å². The summed E-state index contributed by atoms with van der Waals surface area (Å²) in [4.78, 5) is 28.9. The third kappa shape index (κ3) is 5.52. The molecule has 2 N–H and O–H groups in total. The third-order valence-electron chi connectivity index (χ3n) is 5.64. The minimum atomic E-state index is -0.270. The van der Waals surface area contributed by atoms with Gasteiger partial charge < -0.3 is 15.5 Å². The number of benzene rings is 2. The molecule has 0 bridgehead atoms. The molecule has 0 spiro atoms. The molecule has 0 atom stereocenters. The number of aryl methyl sites for hydroxylation is 1. The Morgan fingerprint density at radius 3 is 2.37 bits per heavy atom. The molecule has 7 heteroatoms. The summed E-state index contributed by atoms with van der Waals surface area (Å²) in [6.07, 6.45) is 0. The maximum absolute atomic E-state index is 12.3. The Balaban J connectivity index is 1.42. The molecule has 0 radical (unpaired) electrons. The van der Waals surface area contributed by atoms with Gasteiger partial charge in [-0.1, -0.05) is 29.8 Å². The van der Waals surface area contributed by atoms with Crippen molar-refractivity contribution in [3.05, 3.63) is 58.1 Å². The molecule has 2 aromatic carbocycles. The molecule has 1 aliphatic rings. The first kappa shape index (κ1) is 22.1. The summed E-state index contributed by atoms with van der Waals surface area (Å²) in [6, 6.07) is 11.7. The summed E-state index contributed by atoms with van der Waals surface area (Å²) in [7, 11) is 0. The number of hydrogen-bond donors (Lipinski definition) is 2. The SMILES string of the molecule is Cc1cccc(N2CCN(CC(=O)NCC(=O)Nc3cccc(Cl)c3C)CC2)c1C. The van der Waals surface area contributed by atoms with E-state index in [0.29, 0.717) is 17.3 Å². The fraction of sp³-hybridized carbons (Fsp3) is 0.391. The second-order valence-corrected chi connectivity index (χ2v) is 8.13. The number of carbonyl (C=O) groups is 2. The topological polar surface area (TPSA) is 64.7 Å². The zero-order valence-electron chi connectivity index (χ0n) is 17.8. The predicted octanol–water partition coefficient (Wildman–Crippen LogP) is 3.14. The average molecular weight is 429 g/mol. The number of nitrogens with zero attached hydrogens (tertiary/aromatic N) is 2. The van der Waals surface area contributed by atoms with E-state index in [0.717, 1.165) is 31.7 Å². The smallest absolute Gasteiger partial charge is 0.243 e. The van der Waals surface area contributed by atoms with Crippen LogP contribution in [0.1, 0.15) is 16.7 Å². The van der Waals surface area contributed by atoms with E-state index >= 15 is 0 Å². The number of amides is 2. The first-order chi connectivity index (χ1) is 14.3. The van der Waals surface area contributed by atoms with Crippen LogP contribution in [-0.4, -0.2) is 56.0 Å². The van der Waals surface area contributed by atoms with Crippen molar-refractivity contribution in [3.63, 3.8) is 0 Å². The molecule has 2 aromatic rings. The van der Waals surface area contributed by atoms with Crippen LogP contribution in [0.3, 0.4) is 0 Å². The molecular formula is C23H29ClN4O2. The van der Waals surface area contributed by atoms with Crippen molar-refractivity contribution in [2.45, 2.75) is 20.8 Å². The lowest BCUT2D eigenvalue weighted by Crippen LogP contribution is -2.50. The summed E-state index contributed by atoms with van der Waals surface area (Å²) < 4.78 is 0. The Kier molecular flexibility index (Phi) is 7.34. The van der Waals surface area contributed by atoms with Crippen molar-refractivity contribution < 1.29 is 9.59 Å². The van der Waals surface area contributed by atoms with Gasteiger partial charge in [-0.05, 0) is 55.7 Å². The fourth-order valence-electron chi connectivity index (χ4n) is 3.60. The molecule has 6 nitrogen and oxygen atoms in total. The number of anilines is 2. The zero-order valence-corrected chi connectivity index (χ0v) is 18.6. The van der Waals surface area contributed by atoms with Gasteiger partial charge in [0.15, 0.2) is 0 Å². The normalized spacial score (nSPS) is 14.5. The van der Waals surface area contributed by atoms with Crippen LogP contribution in [0.2, 0.25) is 5.02 Å². The van der Waals surface area contributed by atoms with Crippen molar-refractivity contribution >= 4 is 34.8 Å². The quantitative estimate of drug-likeness (QED) is 0.741. The molecule has 0 unspecified atom stereocenters. The van der Waals surface area contributed by atoms with Crippen LogP contribution >= 0.6 is 11.6 Å². The van der Waals surface area contributed by atoms with Crippen molar-refractivity contribution in [2.75, 3.05) is 49.5 Å². The first-order valence-electron chi connectivity index (χ1n) is 10.2. The Morgan fingerprint density at radius 1 is 0.933 bits per heavy atom. The Bertz CT molecular complexity index is 923. The third-order valence-corrected chi connectivity index (χ3v) is 6.05. The van der Waals surface area contributed by atoms with Crippen LogP contribution < -0.4 is 15.5 Å². The summed E-state index contributed by atoms with van der Waals surface area (Å²) in [5.74, 6) is -0.415. The highest BCUT2D eigenvalue weighted by Gasteiger charge is 2.20. The van der Waals surface area contributed by atoms with E-state index in [1.807, 2.05) is 6.92 Å². The highest BCUT2D eigenvalue weighted by atomic mass is 35.5. The first-order valence-corrected chi connectivity index (χ1v) is 10.6. The van der Waals surface area contributed by atoms with Gasteiger partial charge in [0.25, 0.3) is 0 Å². The summed E-state index contributed by atoms with van der Waals surface area (Å²) in [6.45, 7) is 9.75. The Morgan fingerprint density at radius 2 is 1.63 bits per heavy atom. The minimum Gasteiger partial charge on any atom is -0.369 e. The lowest BCUT2D eigenvalue weighted by Gasteiger charge is -2.36. The van der Waals surface area contributed by atoms with Gasteiger partial charge in [0.05, 0.1) is 13.1 Å². The molecule has 160 valence electrons. The molecule has 1 fully saturated rings. The number of rotatable bonds is 6. The van der Waals surface area contributed by atoms with Crippen LogP contribution in [0.25, 0.3) is 0 Å². The summed E-state index contributed by atoms with van der Waals surface area (Å²) >= 11 is 6.07. The maximum atomic E-state index is 12.3. The molecule has 30 heavy (non-hydrogen) atoms. The molecule has 0 saturated carbocycles. The molecule has 0 aliphatic carbocycles. The van der Waals surface area contributed by atoms with E-state index in [2.05, 4.69) is 52.5 Å². The van der Waals surface area contributed by atoms with Crippen LogP contribution in [-0.2, 0) is 9.59 Å². The fourth-order valence-corrected chi connectivity index (χ4v) is 3.77. The van der Waals surface area contributed by atoms with E-state index in [-0.39, 0.29) is 18.4 Å². The van der Waals surface area contributed by atoms with Crippen LogP contribution in [0.5, 0.6) is 0 Å². The Hall–Kier alpha value is -2.57. The van der Waals surface area contributed by atoms with Gasteiger partial charge in [0.1, 0.15) is 0 Å². The van der Waals surface area contributed by atoms with Gasteiger partial charge in [-0.2, -0.15) is 0 Å². The van der Waals surface area contributed by atoms with Crippen molar-refractivity contribution in [3.8, 4) is 0 Å². The van der Waals surface area contributed by atoms with Crippen LogP contribution in [0, 0.1) is 20.8 Å². The van der Waals surface area contributed by atoms with Gasteiger partial charge in [-0.15, -0.1) is 0 Å². The molecule has 1 heterocycles. The minimum absolute atomic E-state index is 0.0623. The molecule has 1 aliphatic heterocycles. The summed E-state index contributed by atoms with van der Waals surface area (Å²) in [5.41, 5.74) is 5.34. The van der Waals surface area contributed by atoms with Gasteiger partial charge in [0, 0.05) is 42.6 Å². The van der Waals surface area contributed by atoms with E-state index < -0.39 is 0 Å². The highest BCUT2D eigenvalue weighted by Crippen LogP contribution is 2.24. The molecule has 3 rings (SSSR count). The summed E-state index contributed by atoms with van der Waals surface area (Å²) in [5, 5.41) is 6.08. The highest BCUT2D eigenvalue weighted by molar-refractivity contribution is 6.31. The largest absolute Gasteiger partial charge is 0.369 e. The number of piperazine rings is 1. The second kappa shape index (κ2) is 9.96. The average Bonchev–Trinajstić information content (AvgIpc) is 2.73. The van der Waals surface area contributed by atoms with E-state index in [1.54, 1.807) is 18.2 Å². The van der Waals surface area contributed by atoms with E-state index in [4.69, 9.17) is 11.6 Å². The lowest BCUT2D eigenvalue weighted by atomic mass is 10.1. The van der Waals surface area contributed by atoms with Crippen LogP contribution in [0.15, 0.2) is 36.4 Å². The van der Waals surface area contributed by atoms with E-state index in [1.165, 1.54) is 16.8 Å². The monoisotopic (exact) mass is 428 g/mol. The second-order valence-electron chi connectivity index (χ2n) is 7.72. The molecule has 2 amide bonds. The standard InChI is InChI=1S/C23H29ClN4O2/c1-16-6-4-9-21(17(16)2)28-12-10-27(11-13-28)15-23(30)25-14-22(29)26-20-8-5-7-19(24)18(20)3/h4-9H,10-15H2,1-3H3,(H,25,30)(H,26,29). The van der Waals surface area contributed by atoms with Gasteiger partial charge >= 0.3 is 0 Å². The number of carbonyl (C=O) groups excluding carboxylic acids is 2. The molecular weight excluding hydrogens is 400 g/mol.